The summed E-state index contributed by atoms with van der Waals surface area (Å²) in [6.45, 7) is 24.2. The van der Waals surface area contributed by atoms with E-state index < -0.39 is 17.6 Å². The van der Waals surface area contributed by atoms with Crippen molar-refractivity contribution in [3.05, 3.63) is 6.92 Å². The third kappa shape index (κ3) is 25.2. The fourth-order valence-corrected chi connectivity index (χ4v) is 1.34. The summed E-state index contributed by atoms with van der Waals surface area (Å²) >= 11 is -4.28. The Kier molecular flexibility index (Phi) is 15.9. The Bertz CT molecular complexity index is 210. The van der Waals surface area contributed by atoms with Gasteiger partial charge in [-0.1, -0.05) is 20.8 Å². The van der Waals surface area contributed by atoms with Crippen LogP contribution in [0.4, 0.5) is 0 Å². The van der Waals surface area contributed by atoms with Crippen molar-refractivity contribution in [2.45, 2.75) is 48.5 Å². The number of nitrogens with zero attached hydrogens (tertiary/aromatic N) is 1. The van der Waals surface area contributed by atoms with Gasteiger partial charge in [0.1, 0.15) is 0 Å². The van der Waals surface area contributed by atoms with Crippen LogP contribution in [0.3, 0.4) is 0 Å². The average molecular weight is 433 g/mol. The zero-order valence-electron chi connectivity index (χ0n) is 13.1. The molecule has 0 heterocycles. The van der Waals surface area contributed by atoms with Crippen LogP contribution in [0.5, 0.6) is 0 Å². The molecule has 0 unspecified atom stereocenters. The molecule has 113 valence electrons. The minimum atomic E-state index is -4.28. The normalized spacial score (nSPS) is 10.7. The third-order valence-electron chi connectivity index (χ3n) is 2.68. The maximum absolute atomic E-state index is 8.61. The average Bonchev–Trinajstić information content (AvgIpc) is 2.19. The van der Waals surface area contributed by atoms with E-state index in [4.69, 9.17) is 10.6 Å². The summed E-state index contributed by atoms with van der Waals surface area (Å²) in [7, 11) is 0. The predicted octanol–water partition coefficient (Wildman–Crippen LogP) is 2.32. The Balaban J connectivity index is -0.000000212. The van der Waals surface area contributed by atoms with Gasteiger partial charge in [0.25, 0.3) is 0 Å². The van der Waals surface area contributed by atoms with Gasteiger partial charge >= 0.3 is 28.2 Å². The van der Waals surface area contributed by atoms with E-state index >= 15 is 0 Å². The molecule has 0 rings (SSSR count). The van der Waals surface area contributed by atoms with E-state index in [1.807, 2.05) is 0 Å². The van der Waals surface area contributed by atoms with Gasteiger partial charge in [-0.05, 0) is 27.7 Å². The summed E-state index contributed by atoms with van der Waals surface area (Å²) < 4.78 is 27.1. The van der Waals surface area contributed by atoms with Gasteiger partial charge in [-0.2, -0.15) is 5.41 Å². The van der Waals surface area contributed by atoms with Gasteiger partial charge in [-0.15, -0.1) is 0 Å². The van der Waals surface area contributed by atoms with Crippen molar-refractivity contribution in [2.75, 3.05) is 26.2 Å². The topological polar surface area (TPSA) is 57.2 Å². The van der Waals surface area contributed by atoms with Crippen LogP contribution in [0.15, 0.2) is 0 Å². The summed E-state index contributed by atoms with van der Waals surface area (Å²) in [5, 5.41) is 0. The predicted molar refractivity (Wildman–Crippen MR) is 68.6 cm³/mol. The first-order chi connectivity index (χ1) is 7.97. The standard InChI is InChI=1S/C8H20N.C5H11.3O.W/c1-5-9(6-2,7-3)8-4;1-5(2,3)4;;;;/h5-8H2,1-4H3;1H2,2-4H3;;;;/q+1;-1;;;-1;. The first kappa shape index (κ1) is 23.3. The Hall–Kier alpha value is 0.208. The summed E-state index contributed by atoms with van der Waals surface area (Å²) in [4.78, 5) is 0. The van der Waals surface area contributed by atoms with Gasteiger partial charge in [-0.3, -0.25) is 0 Å². The van der Waals surface area contributed by atoms with E-state index in [2.05, 4.69) is 55.4 Å². The number of quaternary nitrogens is 1. The van der Waals surface area contributed by atoms with Gasteiger partial charge in [-0.25, -0.2) is 0 Å². The van der Waals surface area contributed by atoms with Crippen molar-refractivity contribution in [1.82, 2.24) is 0 Å². The SMILES string of the molecule is CC[N+](CC)(CC)CC.[CH2-]C(C)(C)C.[O]=[W](=[O])[O-]. The number of hydrogen-bond acceptors (Lipinski definition) is 3. The summed E-state index contributed by atoms with van der Waals surface area (Å²) in [5.41, 5.74) is 0.250. The van der Waals surface area contributed by atoms with Gasteiger partial charge < -0.3 is 11.4 Å². The fraction of sp³-hybridized carbons (Fsp3) is 0.923. The fourth-order valence-electron chi connectivity index (χ4n) is 1.34. The summed E-state index contributed by atoms with van der Waals surface area (Å²) in [5.74, 6) is 0. The second kappa shape index (κ2) is 12.3. The second-order valence-corrected chi connectivity index (χ2v) is 6.84. The molecule has 0 aliphatic carbocycles. The molecule has 0 bridgehead atoms. The van der Waals surface area contributed by atoms with Crippen LogP contribution in [-0.2, 0) is 24.4 Å². The Morgan fingerprint density at radius 1 is 0.944 bits per heavy atom. The monoisotopic (exact) mass is 433 g/mol. The molecule has 0 N–H and O–H groups in total. The van der Waals surface area contributed by atoms with Crippen molar-refractivity contribution in [3.63, 3.8) is 0 Å². The molecule has 0 aliphatic rings. The Morgan fingerprint density at radius 2 is 1.06 bits per heavy atom. The maximum atomic E-state index is 8.61. The van der Waals surface area contributed by atoms with Gasteiger partial charge in [0.2, 0.25) is 0 Å². The molecular weight excluding hydrogens is 402 g/mol. The molecule has 0 spiro atoms. The molecule has 0 amide bonds. The van der Waals surface area contributed by atoms with E-state index in [1.54, 1.807) is 0 Å². The van der Waals surface area contributed by atoms with Gasteiger partial charge in [0, 0.05) is 0 Å². The molecule has 0 saturated heterocycles. The quantitative estimate of drug-likeness (QED) is 0.505. The molecule has 4 nitrogen and oxygen atoms in total. The van der Waals surface area contributed by atoms with Crippen LogP contribution in [-0.4, -0.2) is 30.7 Å². The molecule has 0 aliphatic heterocycles. The first-order valence-corrected chi connectivity index (χ1v) is 10.0. The molecular formula is C13H31NO3W-. The second-order valence-electron chi connectivity index (χ2n) is 5.37. The van der Waals surface area contributed by atoms with E-state index in [0.717, 1.165) is 0 Å². The van der Waals surface area contributed by atoms with Crippen LogP contribution in [0.1, 0.15) is 48.5 Å². The zero-order valence-corrected chi connectivity index (χ0v) is 16.0. The van der Waals surface area contributed by atoms with E-state index in [-0.39, 0.29) is 5.41 Å². The van der Waals surface area contributed by atoms with E-state index in [0.29, 0.717) is 0 Å². The Labute approximate surface area is 120 Å². The number of rotatable bonds is 4. The molecule has 0 atom stereocenters. The van der Waals surface area contributed by atoms with Crippen molar-refractivity contribution < 1.29 is 32.7 Å². The third-order valence-corrected chi connectivity index (χ3v) is 2.68. The van der Waals surface area contributed by atoms with Crippen LogP contribution in [0.2, 0.25) is 0 Å². The first-order valence-electron chi connectivity index (χ1n) is 6.45. The van der Waals surface area contributed by atoms with Crippen LogP contribution >= 0.6 is 0 Å². The van der Waals surface area contributed by atoms with Gasteiger partial charge in [0.05, 0.1) is 26.2 Å². The van der Waals surface area contributed by atoms with Crippen molar-refractivity contribution >= 4 is 0 Å². The zero-order chi connectivity index (χ0) is 15.4. The van der Waals surface area contributed by atoms with Crippen molar-refractivity contribution in [1.29, 1.82) is 0 Å². The molecule has 0 radical (unpaired) electrons. The number of hydrogen-bond donors (Lipinski definition) is 0. The molecule has 0 fully saturated rings. The van der Waals surface area contributed by atoms with Gasteiger partial charge in [0.15, 0.2) is 0 Å². The molecule has 0 saturated carbocycles. The van der Waals surface area contributed by atoms with Crippen molar-refractivity contribution in [2.24, 2.45) is 5.41 Å². The minimum absolute atomic E-state index is 0.250. The van der Waals surface area contributed by atoms with Crippen LogP contribution in [0.25, 0.3) is 0 Å². The van der Waals surface area contributed by atoms with Crippen LogP contribution < -0.4 is 3.76 Å². The van der Waals surface area contributed by atoms with Crippen LogP contribution in [0, 0.1) is 12.3 Å². The van der Waals surface area contributed by atoms with E-state index in [1.165, 1.54) is 30.7 Å². The molecule has 18 heavy (non-hydrogen) atoms. The molecule has 5 heteroatoms. The molecule has 0 aromatic rings. The molecule has 0 aromatic heterocycles. The summed E-state index contributed by atoms with van der Waals surface area (Å²) in [6, 6.07) is 0. The van der Waals surface area contributed by atoms with E-state index in [9.17, 15) is 0 Å². The summed E-state index contributed by atoms with van der Waals surface area (Å²) in [6.07, 6.45) is 0. The van der Waals surface area contributed by atoms with Crippen molar-refractivity contribution in [3.8, 4) is 0 Å². The molecule has 0 aromatic carbocycles. The Morgan fingerprint density at radius 3 is 1.06 bits per heavy atom.